The van der Waals surface area contributed by atoms with Gasteiger partial charge in [0.15, 0.2) is 0 Å². The van der Waals surface area contributed by atoms with E-state index in [2.05, 4.69) is 24.4 Å². The Hall–Kier alpha value is 1.09. The summed E-state index contributed by atoms with van der Waals surface area (Å²) in [7, 11) is 0. The van der Waals surface area contributed by atoms with E-state index in [9.17, 15) is 0 Å². The van der Waals surface area contributed by atoms with E-state index in [-0.39, 0.29) is 25.8 Å². The maximum absolute atomic E-state index is 3.96. The van der Waals surface area contributed by atoms with Crippen molar-refractivity contribution in [3.63, 3.8) is 0 Å². The van der Waals surface area contributed by atoms with Gasteiger partial charge in [-0.1, -0.05) is 0 Å². The molecular formula is CH3InS2. The van der Waals surface area contributed by atoms with Crippen molar-refractivity contribution in [3.05, 3.63) is 0 Å². The molecule has 22 valence electrons. The Morgan fingerprint density at radius 2 is 1.25 bits per heavy atom. The first-order chi connectivity index (χ1) is 1.41. The Kier molecular flexibility index (Phi) is 19.9. The van der Waals surface area contributed by atoms with Crippen LogP contribution in [0.5, 0.6) is 0 Å². The molecule has 0 spiro atoms. The molecule has 0 aromatic carbocycles. The molecule has 0 aliphatic rings. The Balaban J connectivity index is 0. The zero-order valence-electron chi connectivity index (χ0n) is 1.32. The SMILES string of the molecule is S=C=S.[InH3]. The number of thiocarbonyl (C=S) groups is 2. The van der Waals surface area contributed by atoms with Crippen LogP contribution < -0.4 is 0 Å². The van der Waals surface area contributed by atoms with Crippen molar-refractivity contribution in [3.8, 4) is 0 Å². The molecule has 0 heterocycles. The fraction of sp³-hybridized carbons (Fsp3) is 0. The summed E-state index contributed by atoms with van der Waals surface area (Å²) < 4.78 is 1.92. The number of hydrogen-bond donors (Lipinski definition) is 0. The first kappa shape index (κ1) is 8.92. The molecule has 0 amide bonds. The number of hydrogen-bond acceptors (Lipinski definition) is 2. The van der Waals surface area contributed by atoms with Crippen LogP contribution in [-0.2, 0) is 0 Å². The molecule has 0 saturated heterocycles. The average molecular weight is 194 g/mol. The van der Waals surface area contributed by atoms with E-state index in [0.717, 1.165) is 0 Å². The Morgan fingerprint density at radius 3 is 1.25 bits per heavy atom. The van der Waals surface area contributed by atoms with E-state index in [1.807, 2.05) is 4.31 Å². The van der Waals surface area contributed by atoms with Gasteiger partial charge in [0, 0.05) is 4.31 Å². The van der Waals surface area contributed by atoms with E-state index in [4.69, 9.17) is 0 Å². The van der Waals surface area contributed by atoms with Crippen LogP contribution in [-0.4, -0.2) is 30.2 Å². The van der Waals surface area contributed by atoms with Crippen LogP contribution in [0.15, 0.2) is 0 Å². The van der Waals surface area contributed by atoms with E-state index < -0.39 is 0 Å². The van der Waals surface area contributed by atoms with E-state index in [1.54, 1.807) is 0 Å². The first-order valence-corrected chi connectivity index (χ1v) is 1.22. The van der Waals surface area contributed by atoms with Gasteiger partial charge in [0.1, 0.15) is 0 Å². The van der Waals surface area contributed by atoms with Crippen molar-refractivity contribution in [1.29, 1.82) is 0 Å². The predicted octanol–water partition coefficient (Wildman–Crippen LogP) is -0.166. The van der Waals surface area contributed by atoms with Crippen molar-refractivity contribution in [1.82, 2.24) is 0 Å². The van der Waals surface area contributed by atoms with Gasteiger partial charge in [-0.3, -0.25) is 0 Å². The van der Waals surface area contributed by atoms with Crippen LogP contribution in [0.1, 0.15) is 0 Å². The average Bonchev–Trinajstić information content (AvgIpc) is 0.918. The molecule has 0 N–H and O–H groups in total. The van der Waals surface area contributed by atoms with Gasteiger partial charge in [-0.25, -0.2) is 0 Å². The van der Waals surface area contributed by atoms with Gasteiger partial charge < -0.3 is 0 Å². The molecule has 0 unspecified atom stereocenters. The molecule has 0 nitrogen and oxygen atoms in total. The van der Waals surface area contributed by atoms with Crippen LogP contribution in [0.4, 0.5) is 0 Å². The molecule has 0 bridgehead atoms. The predicted molar refractivity (Wildman–Crippen MR) is 30.1 cm³/mol. The van der Waals surface area contributed by atoms with E-state index >= 15 is 0 Å². The van der Waals surface area contributed by atoms with Crippen molar-refractivity contribution in [2.45, 2.75) is 0 Å². The fourth-order valence-corrected chi connectivity index (χ4v) is 0. The molecule has 0 atom stereocenters. The molecule has 4 heavy (non-hydrogen) atoms. The third kappa shape index (κ3) is 11.4. The minimum atomic E-state index is 0. The Bertz CT molecular complexity index is 27.0. The zero-order chi connectivity index (χ0) is 2.71. The van der Waals surface area contributed by atoms with Crippen molar-refractivity contribution in [2.24, 2.45) is 0 Å². The Labute approximate surface area is 54.4 Å². The van der Waals surface area contributed by atoms with Crippen LogP contribution in [0, 0.1) is 0 Å². The van der Waals surface area contributed by atoms with Gasteiger partial charge in [-0.15, -0.1) is 0 Å². The molecule has 0 radical (unpaired) electrons. The fourth-order valence-electron chi connectivity index (χ4n) is 0. The van der Waals surface area contributed by atoms with Gasteiger partial charge in [0.2, 0.25) is 0 Å². The second-order valence-corrected chi connectivity index (χ2v) is 0.750. The molecule has 0 saturated carbocycles. The van der Waals surface area contributed by atoms with Gasteiger partial charge in [-0.05, 0) is 24.4 Å². The molecule has 0 rings (SSSR count). The summed E-state index contributed by atoms with van der Waals surface area (Å²) in [6.07, 6.45) is 0. The quantitative estimate of drug-likeness (QED) is 0.491. The van der Waals surface area contributed by atoms with Crippen LogP contribution in [0.3, 0.4) is 0 Å². The third-order valence-electron chi connectivity index (χ3n) is 0. The maximum atomic E-state index is 3.96. The minimum absolute atomic E-state index is 0. The van der Waals surface area contributed by atoms with Crippen molar-refractivity contribution in [2.75, 3.05) is 0 Å². The van der Waals surface area contributed by atoms with Crippen LogP contribution in [0.2, 0.25) is 0 Å². The van der Waals surface area contributed by atoms with Crippen LogP contribution >= 0.6 is 24.4 Å². The topological polar surface area (TPSA) is 0 Å². The standard InChI is InChI=1S/CS2.In.3H/c2-1-3;;;;. The van der Waals surface area contributed by atoms with E-state index in [1.165, 1.54) is 0 Å². The summed E-state index contributed by atoms with van der Waals surface area (Å²) in [4.78, 5) is 0. The first-order valence-electron chi connectivity index (χ1n) is 0.408. The molecule has 0 aliphatic carbocycles. The second-order valence-electron chi connectivity index (χ2n) is 0.0833. The van der Waals surface area contributed by atoms with Crippen molar-refractivity contribution >= 4 is 54.6 Å². The number of rotatable bonds is 0. The zero-order valence-corrected chi connectivity index (χ0v) is 2.95. The van der Waals surface area contributed by atoms with E-state index in [0.29, 0.717) is 0 Å². The van der Waals surface area contributed by atoms with Gasteiger partial charge in [-0.2, -0.15) is 0 Å². The van der Waals surface area contributed by atoms with Gasteiger partial charge in [0.05, 0.1) is 0 Å². The molecule has 0 fully saturated rings. The molecule has 0 aliphatic heterocycles. The summed E-state index contributed by atoms with van der Waals surface area (Å²) >= 11 is 7.92. The molecule has 3 heteroatoms. The summed E-state index contributed by atoms with van der Waals surface area (Å²) in [5, 5.41) is 0. The molecule has 0 aromatic rings. The van der Waals surface area contributed by atoms with Gasteiger partial charge >= 0.3 is 25.8 Å². The van der Waals surface area contributed by atoms with Crippen molar-refractivity contribution < 1.29 is 0 Å². The summed E-state index contributed by atoms with van der Waals surface area (Å²) in [6, 6.07) is 0. The Morgan fingerprint density at radius 1 is 1.25 bits per heavy atom. The molecule has 0 aromatic heterocycles. The summed E-state index contributed by atoms with van der Waals surface area (Å²) in [6.45, 7) is 0. The third-order valence-corrected chi connectivity index (χ3v) is 0. The molecular weight excluding hydrogens is 191 g/mol. The summed E-state index contributed by atoms with van der Waals surface area (Å²) in [5.41, 5.74) is 0. The normalized spacial score (nSPS) is 2.00. The monoisotopic (exact) mass is 194 g/mol. The second kappa shape index (κ2) is 8.94. The van der Waals surface area contributed by atoms with Crippen LogP contribution in [0.25, 0.3) is 0 Å². The summed E-state index contributed by atoms with van der Waals surface area (Å²) in [5.74, 6) is 0. The van der Waals surface area contributed by atoms with Gasteiger partial charge in [0.25, 0.3) is 0 Å².